The highest BCUT2D eigenvalue weighted by atomic mass is 79.9. The lowest BCUT2D eigenvalue weighted by Crippen LogP contribution is -2.41. The molecule has 1 heterocycles. The topological polar surface area (TPSA) is 90.2 Å². The zero-order valence-electron chi connectivity index (χ0n) is 16.9. The molecule has 0 aromatic heterocycles. The summed E-state index contributed by atoms with van der Waals surface area (Å²) in [5, 5.41) is 25.4. The van der Waals surface area contributed by atoms with E-state index < -0.39 is 11.8 Å². The molecule has 3 aliphatic carbocycles. The number of hydrazone groups is 1. The molecule has 6 nitrogen and oxygen atoms in total. The van der Waals surface area contributed by atoms with Crippen LogP contribution in [0.25, 0.3) is 0 Å². The van der Waals surface area contributed by atoms with E-state index in [0.717, 1.165) is 27.3 Å². The highest BCUT2D eigenvalue weighted by molar-refractivity contribution is 9.11. The van der Waals surface area contributed by atoms with E-state index in [1.54, 1.807) is 0 Å². The van der Waals surface area contributed by atoms with Crippen LogP contribution < -0.4 is 0 Å². The average molecular weight is 568 g/mol. The molecule has 1 aliphatic heterocycles. The minimum absolute atomic E-state index is 0.0926. The van der Waals surface area contributed by atoms with Gasteiger partial charge in [0.25, 0.3) is 11.8 Å². The summed E-state index contributed by atoms with van der Waals surface area (Å²) in [6.07, 6.45) is 1.26. The molecule has 1 saturated heterocycles. The molecule has 1 fully saturated rings. The fraction of sp³-hybridized carbons (Fsp3) is 0.160. The van der Waals surface area contributed by atoms with E-state index in [0.29, 0.717) is 4.47 Å². The normalized spacial score (nSPS) is 24.8. The van der Waals surface area contributed by atoms with Gasteiger partial charge in [0.05, 0.1) is 22.5 Å². The first kappa shape index (κ1) is 20.6. The van der Waals surface area contributed by atoms with Gasteiger partial charge in [0.2, 0.25) is 0 Å². The lowest BCUT2D eigenvalue weighted by atomic mass is 9.55. The van der Waals surface area contributed by atoms with Gasteiger partial charge in [-0.1, -0.05) is 48.5 Å². The molecule has 4 aliphatic rings. The van der Waals surface area contributed by atoms with E-state index in [-0.39, 0.29) is 45.2 Å². The molecule has 2 bridgehead atoms. The highest BCUT2D eigenvalue weighted by Gasteiger charge is 2.61. The van der Waals surface area contributed by atoms with Crippen molar-refractivity contribution in [2.45, 2.75) is 11.8 Å². The molecule has 0 radical (unpaired) electrons. The first-order chi connectivity index (χ1) is 15.9. The molecule has 2 N–H and O–H groups in total. The molecule has 3 aromatic carbocycles. The van der Waals surface area contributed by atoms with Crippen molar-refractivity contribution in [2.75, 3.05) is 0 Å². The third-order valence-electron chi connectivity index (χ3n) is 6.94. The Balaban J connectivity index is 1.44. The third-order valence-corrected chi connectivity index (χ3v) is 8.29. The summed E-state index contributed by atoms with van der Waals surface area (Å²) >= 11 is 6.34. The maximum atomic E-state index is 13.5. The van der Waals surface area contributed by atoms with Crippen LogP contribution in [0.3, 0.4) is 0 Å². The molecule has 2 amide bonds. The van der Waals surface area contributed by atoms with Gasteiger partial charge in [-0.15, -0.1) is 0 Å². The zero-order valence-corrected chi connectivity index (χ0v) is 20.1. The van der Waals surface area contributed by atoms with Crippen molar-refractivity contribution >= 4 is 49.9 Å². The van der Waals surface area contributed by atoms with Crippen LogP contribution in [0.1, 0.15) is 39.7 Å². The van der Waals surface area contributed by atoms with E-state index >= 15 is 0 Å². The quantitative estimate of drug-likeness (QED) is 0.342. The number of hydrogen-bond acceptors (Lipinski definition) is 5. The summed E-state index contributed by atoms with van der Waals surface area (Å²) in [5.41, 5.74) is 4.63. The number of nitrogens with zero attached hydrogens (tertiary/aromatic N) is 2. The zero-order chi connectivity index (χ0) is 23.0. The monoisotopic (exact) mass is 566 g/mol. The predicted octanol–water partition coefficient (Wildman–Crippen LogP) is 4.85. The Morgan fingerprint density at radius 3 is 1.70 bits per heavy atom. The van der Waals surface area contributed by atoms with Crippen molar-refractivity contribution in [1.82, 2.24) is 5.01 Å². The first-order valence-corrected chi connectivity index (χ1v) is 12.0. The van der Waals surface area contributed by atoms with Crippen LogP contribution in [0.15, 0.2) is 68.6 Å². The molecule has 164 valence electrons. The van der Waals surface area contributed by atoms with Crippen molar-refractivity contribution in [1.29, 1.82) is 0 Å². The minimum Gasteiger partial charge on any atom is -0.506 e. The lowest BCUT2D eigenvalue weighted by molar-refractivity contribution is -0.139. The number of phenols is 2. The summed E-state index contributed by atoms with van der Waals surface area (Å²) in [5.74, 6) is -2.50. The smallest absolute Gasteiger partial charge is 0.254 e. The maximum absolute atomic E-state index is 13.5. The summed E-state index contributed by atoms with van der Waals surface area (Å²) in [6, 6.07) is 17.5. The summed E-state index contributed by atoms with van der Waals surface area (Å²) in [7, 11) is 0. The predicted molar refractivity (Wildman–Crippen MR) is 128 cm³/mol. The van der Waals surface area contributed by atoms with E-state index in [1.165, 1.54) is 12.3 Å². The lowest BCUT2D eigenvalue weighted by Gasteiger charge is -2.45. The molecule has 7 rings (SSSR count). The molecular formula is C25H16Br2N2O4. The number of carbonyl (C=O) groups excluding carboxylic acids is 2. The molecular weight excluding hydrogens is 552 g/mol. The molecule has 33 heavy (non-hydrogen) atoms. The number of hydrogen-bond donors (Lipinski definition) is 2. The number of aromatic hydroxyl groups is 2. The Labute approximate surface area is 205 Å². The van der Waals surface area contributed by atoms with Crippen LogP contribution >= 0.6 is 31.9 Å². The number of carbonyl (C=O) groups is 2. The van der Waals surface area contributed by atoms with E-state index in [2.05, 4.69) is 37.0 Å². The summed E-state index contributed by atoms with van der Waals surface area (Å²) in [4.78, 5) is 27.0. The van der Waals surface area contributed by atoms with Gasteiger partial charge < -0.3 is 10.2 Å². The first-order valence-electron chi connectivity index (χ1n) is 10.4. The molecule has 0 spiro atoms. The van der Waals surface area contributed by atoms with Crippen molar-refractivity contribution in [3.05, 3.63) is 91.4 Å². The van der Waals surface area contributed by atoms with Crippen LogP contribution in [-0.4, -0.2) is 33.3 Å². The summed E-state index contributed by atoms with van der Waals surface area (Å²) in [6.45, 7) is 0. The Kier molecular flexibility index (Phi) is 4.54. The van der Waals surface area contributed by atoms with Gasteiger partial charge in [-0.2, -0.15) is 10.1 Å². The second kappa shape index (κ2) is 7.27. The number of halogens is 2. The van der Waals surface area contributed by atoms with Gasteiger partial charge in [-0.05, 0) is 60.2 Å². The van der Waals surface area contributed by atoms with Crippen LogP contribution in [0.4, 0.5) is 0 Å². The molecule has 3 aromatic rings. The van der Waals surface area contributed by atoms with Gasteiger partial charge >= 0.3 is 0 Å². The largest absolute Gasteiger partial charge is 0.506 e. The van der Waals surface area contributed by atoms with Crippen LogP contribution in [0, 0.1) is 11.8 Å². The Morgan fingerprint density at radius 1 is 0.788 bits per heavy atom. The highest BCUT2D eigenvalue weighted by Crippen LogP contribution is 2.61. The second-order valence-electron chi connectivity index (χ2n) is 8.46. The molecule has 0 unspecified atom stereocenters. The molecule has 0 saturated carbocycles. The minimum atomic E-state index is -0.517. The van der Waals surface area contributed by atoms with Crippen molar-refractivity contribution in [2.24, 2.45) is 16.9 Å². The van der Waals surface area contributed by atoms with Crippen LogP contribution in [-0.2, 0) is 9.59 Å². The Hall–Kier alpha value is -2.97. The Morgan fingerprint density at radius 2 is 1.24 bits per heavy atom. The van der Waals surface area contributed by atoms with Gasteiger partial charge in [-0.3, -0.25) is 9.59 Å². The van der Waals surface area contributed by atoms with E-state index in [1.807, 2.05) is 48.5 Å². The number of amides is 2. The van der Waals surface area contributed by atoms with Crippen LogP contribution in [0.2, 0.25) is 0 Å². The maximum Gasteiger partial charge on any atom is 0.254 e. The molecule has 8 heteroatoms. The van der Waals surface area contributed by atoms with Gasteiger partial charge in [0, 0.05) is 17.4 Å². The van der Waals surface area contributed by atoms with Gasteiger partial charge in [-0.25, -0.2) is 0 Å². The molecule has 2 atom stereocenters. The number of benzene rings is 3. The third kappa shape index (κ3) is 2.74. The standard InChI is InChI=1S/C25H16Br2N2O4/c26-16-9-11(22(30)21(27)23(16)31)10-28-29-24(32)19-17-12-5-1-2-6-13(12)18(20(19)25(29)33)15-8-4-3-7-14(15)17/h1-10,17-20,30-31H/b28-10-/t17?,18?,19-,20-/m1/s1. The summed E-state index contributed by atoms with van der Waals surface area (Å²) < 4.78 is 0.431. The van der Waals surface area contributed by atoms with Crippen LogP contribution in [0.5, 0.6) is 11.5 Å². The van der Waals surface area contributed by atoms with Crippen molar-refractivity contribution < 1.29 is 19.8 Å². The number of imide groups is 1. The Bertz CT molecular complexity index is 1290. The van der Waals surface area contributed by atoms with E-state index in [4.69, 9.17) is 0 Å². The number of rotatable bonds is 2. The SMILES string of the molecule is O=C1[C@@H]2C3c4ccccc4C(c4ccccc43)[C@H]2C(=O)N1/N=C\c1cc(Br)c(O)c(Br)c1O. The van der Waals surface area contributed by atoms with Crippen molar-refractivity contribution in [3.63, 3.8) is 0 Å². The fourth-order valence-electron chi connectivity index (χ4n) is 5.61. The fourth-order valence-corrected chi connectivity index (χ4v) is 6.76. The van der Waals surface area contributed by atoms with E-state index in [9.17, 15) is 19.8 Å². The van der Waals surface area contributed by atoms with Crippen molar-refractivity contribution in [3.8, 4) is 11.5 Å². The second-order valence-corrected chi connectivity index (χ2v) is 10.1. The average Bonchev–Trinajstić information content (AvgIpc) is 3.09. The van der Waals surface area contributed by atoms with Gasteiger partial charge in [0.15, 0.2) is 0 Å². The van der Waals surface area contributed by atoms with Gasteiger partial charge in [0.1, 0.15) is 16.0 Å². The number of phenolic OH excluding ortho intramolecular Hbond substituents is 2.